The summed E-state index contributed by atoms with van der Waals surface area (Å²) in [4.78, 5) is 26.8. The zero-order valence-corrected chi connectivity index (χ0v) is 29.3. The fraction of sp³-hybridized carbons (Fsp3) is 0.649. The molecule has 4 heterocycles. The number of aromatic nitrogens is 2. The maximum atomic E-state index is 14.6. The number of ketones is 1. The van der Waals surface area contributed by atoms with E-state index in [0.717, 1.165) is 57.2 Å². The van der Waals surface area contributed by atoms with Crippen molar-refractivity contribution < 1.29 is 19.5 Å². The molecule has 12 heteroatoms. The van der Waals surface area contributed by atoms with Crippen LogP contribution < -0.4 is 31.5 Å². The Labute approximate surface area is 297 Å². The number of rotatable bonds is 13. The zero-order chi connectivity index (χ0) is 33.3. The third kappa shape index (κ3) is 7.48. The Morgan fingerprint density at radius 2 is 1.90 bits per heavy atom. The van der Waals surface area contributed by atoms with Crippen molar-refractivity contribution in [1.82, 2.24) is 20.6 Å². The molecular weight excluding hydrogens is 639 g/mol. The van der Waals surface area contributed by atoms with E-state index in [1.165, 1.54) is 25.9 Å². The van der Waals surface area contributed by atoms with Gasteiger partial charge >= 0.3 is 0 Å². The maximum absolute atomic E-state index is 14.6. The van der Waals surface area contributed by atoms with Gasteiger partial charge in [-0.25, -0.2) is 10.0 Å². The Bertz CT molecular complexity index is 1550. The van der Waals surface area contributed by atoms with Crippen molar-refractivity contribution in [1.29, 1.82) is 0 Å². The largest absolute Gasteiger partial charge is 0.473 e. The van der Waals surface area contributed by atoms with Gasteiger partial charge in [0.2, 0.25) is 17.5 Å². The minimum absolute atomic E-state index is 0. The van der Waals surface area contributed by atoms with Gasteiger partial charge in [0, 0.05) is 58.5 Å². The molecule has 6 N–H and O–H groups in total. The molecule has 11 nitrogen and oxygen atoms in total. The maximum Gasteiger partial charge on any atom is 0.243 e. The molecule has 0 radical (unpaired) electrons. The van der Waals surface area contributed by atoms with E-state index < -0.39 is 5.41 Å². The summed E-state index contributed by atoms with van der Waals surface area (Å²) >= 11 is 1.86. The molecule has 0 bridgehead atoms. The minimum atomic E-state index is -0.391. The molecule has 0 amide bonds. The van der Waals surface area contributed by atoms with E-state index in [2.05, 4.69) is 29.8 Å². The molecule has 0 aromatic carbocycles. The number of ether oxygens (including phenoxy) is 2. The van der Waals surface area contributed by atoms with Crippen LogP contribution in [0.5, 0.6) is 5.88 Å². The van der Waals surface area contributed by atoms with Gasteiger partial charge in [-0.3, -0.25) is 10.0 Å². The van der Waals surface area contributed by atoms with Gasteiger partial charge in [0.25, 0.3) is 0 Å². The van der Waals surface area contributed by atoms with Crippen LogP contribution in [0.2, 0.25) is 0 Å². The van der Waals surface area contributed by atoms with Crippen LogP contribution in [-0.4, -0.2) is 67.0 Å². The zero-order valence-electron chi connectivity index (χ0n) is 28.5. The highest BCUT2D eigenvalue weighted by Crippen LogP contribution is 2.54. The van der Waals surface area contributed by atoms with Gasteiger partial charge in [-0.15, -0.1) is 11.3 Å². The number of hydroxylamine groups is 1. The quantitative estimate of drug-likeness (QED) is 0.0863. The lowest BCUT2D eigenvalue weighted by Gasteiger charge is -2.42. The number of fused-ring (bicyclic) bond motifs is 2. The summed E-state index contributed by atoms with van der Waals surface area (Å²) in [5, 5.41) is 22.4. The molecule has 2 aliphatic carbocycles. The minimum Gasteiger partial charge on any atom is -0.473 e. The lowest BCUT2D eigenvalue weighted by molar-refractivity contribution is 0.0593. The highest BCUT2D eigenvalue weighted by Gasteiger charge is 2.47. The van der Waals surface area contributed by atoms with E-state index in [1.807, 2.05) is 31.5 Å². The fourth-order valence-corrected chi connectivity index (χ4v) is 9.04. The number of aryl methyl sites for hydroxylation is 2. The molecule has 1 saturated heterocycles. The van der Waals surface area contributed by atoms with E-state index in [0.29, 0.717) is 49.4 Å². The Morgan fingerprint density at radius 1 is 1.20 bits per heavy atom. The van der Waals surface area contributed by atoms with E-state index in [4.69, 9.17) is 25.2 Å². The second kappa shape index (κ2) is 16.2. The standard InChI is InChI=1S/C35H51N7O4S.2CH4/c1-20(9-8-16-37-4)21(2)46-34-29(38-5)33(42(44)23-12-17-45-18-13-23)40-32(41-34)30(43)24-10-6-14-35(31(24)36)15-7-11-26-28(35)27(22(3)47-26)25-19-39-25;;/h19-21,23,37-39,44H,6-18,36H2,1-5H3;2*1H4/t20?,21-,35-;;/m0../s1. The van der Waals surface area contributed by atoms with E-state index in [1.54, 1.807) is 7.05 Å². The van der Waals surface area contributed by atoms with Crippen LogP contribution in [0.25, 0.3) is 5.70 Å². The van der Waals surface area contributed by atoms with Crippen molar-refractivity contribution in [2.45, 2.75) is 117 Å². The number of hydrogen-bond acceptors (Lipinski definition) is 12. The Hall–Kier alpha value is -3.19. The van der Waals surface area contributed by atoms with E-state index >= 15 is 0 Å². The number of nitrogens with two attached hydrogens (primary N) is 1. The number of allylic oxidation sites excluding steroid dienone is 2. The summed E-state index contributed by atoms with van der Waals surface area (Å²) in [6.07, 6.45) is 10.4. The van der Waals surface area contributed by atoms with Crippen molar-refractivity contribution in [3.63, 3.8) is 0 Å². The van der Waals surface area contributed by atoms with Crippen LogP contribution in [0.3, 0.4) is 0 Å². The SMILES string of the molecule is C.C.CNCCCC(C)[C@H](C)Oc1nc(C(=O)C2=C(N)[C@@]3(CCC2)CCCc2sc(C)c(C4=CN4)c23)nc(N(O)C2CCOCC2)c1NC. The van der Waals surface area contributed by atoms with Gasteiger partial charge in [-0.2, -0.15) is 4.98 Å². The molecule has 1 unspecified atom stereocenters. The van der Waals surface area contributed by atoms with Crippen LogP contribution in [0, 0.1) is 12.8 Å². The molecule has 1 fully saturated rings. The Morgan fingerprint density at radius 3 is 2.55 bits per heavy atom. The normalized spacial score (nSPS) is 21.4. The highest BCUT2D eigenvalue weighted by molar-refractivity contribution is 7.12. The lowest BCUT2D eigenvalue weighted by atomic mass is 9.62. The Kier molecular flexibility index (Phi) is 12.8. The first-order valence-corrected chi connectivity index (χ1v) is 18.1. The molecule has 0 saturated carbocycles. The number of thiophene rings is 1. The molecular formula is C37H59N7O4S. The summed E-state index contributed by atoms with van der Waals surface area (Å²) in [7, 11) is 3.71. The summed E-state index contributed by atoms with van der Waals surface area (Å²) < 4.78 is 12.1. The van der Waals surface area contributed by atoms with Gasteiger partial charge in [0.15, 0.2) is 5.82 Å². The van der Waals surface area contributed by atoms with Crippen molar-refractivity contribution >= 4 is 34.3 Å². The molecule has 49 heavy (non-hydrogen) atoms. The third-order valence-electron chi connectivity index (χ3n) is 10.6. The average Bonchev–Trinajstić information content (AvgIpc) is 3.86. The molecule has 4 aliphatic rings. The second-order valence-electron chi connectivity index (χ2n) is 13.6. The van der Waals surface area contributed by atoms with Gasteiger partial charge in [0.05, 0.1) is 11.7 Å². The van der Waals surface area contributed by atoms with Gasteiger partial charge < -0.3 is 31.2 Å². The smallest absolute Gasteiger partial charge is 0.243 e. The molecule has 2 aromatic rings. The average molecular weight is 698 g/mol. The summed E-state index contributed by atoms with van der Waals surface area (Å²) in [5.74, 6) is 0.425. The molecule has 272 valence electrons. The summed E-state index contributed by atoms with van der Waals surface area (Å²) in [5.41, 5.74) is 12.2. The Balaban J connectivity index is 0.00000270. The number of nitrogens with zero attached hydrogens (tertiary/aromatic N) is 3. The van der Waals surface area contributed by atoms with Gasteiger partial charge in [-0.1, -0.05) is 21.8 Å². The first kappa shape index (κ1) is 38.6. The van der Waals surface area contributed by atoms with Crippen LogP contribution in [0.1, 0.15) is 118 Å². The number of anilines is 2. The third-order valence-corrected chi connectivity index (χ3v) is 11.8. The molecule has 2 aromatic heterocycles. The summed E-state index contributed by atoms with van der Waals surface area (Å²) in [6.45, 7) is 8.39. The van der Waals surface area contributed by atoms with Gasteiger partial charge in [-0.05, 0) is 103 Å². The lowest BCUT2D eigenvalue weighted by Crippen LogP contribution is -2.41. The predicted molar refractivity (Wildman–Crippen MR) is 200 cm³/mol. The topological polar surface area (TPSA) is 157 Å². The van der Waals surface area contributed by atoms with Crippen molar-refractivity contribution in [3.05, 3.63) is 44.2 Å². The van der Waals surface area contributed by atoms with Crippen LogP contribution in [-0.2, 0) is 16.6 Å². The molecule has 2 aliphatic heterocycles. The fourth-order valence-electron chi connectivity index (χ4n) is 7.71. The second-order valence-corrected chi connectivity index (χ2v) is 14.9. The van der Waals surface area contributed by atoms with E-state index in [9.17, 15) is 10.0 Å². The number of nitrogens with one attached hydrogen (secondary N) is 3. The van der Waals surface area contributed by atoms with Gasteiger partial charge in [0.1, 0.15) is 11.8 Å². The number of hydrogen-bond donors (Lipinski definition) is 5. The van der Waals surface area contributed by atoms with E-state index in [-0.39, 0.29) is 56.2 Å². The first-order chi connectivity index (χ1) is 22.7. The number of Topliss-reactive ketones (excluding diaryl/α,β-unsaturated/α-hetero) is 1. The monoisotopic (exact) mass is 697 g/mol. The van der Waals surface area contributed by atoms with Crippen molar-refractivity contribution in [2.75, 3.05) is 44.2 Å². The number of carbonyl (C=O) groups excluding carboxylic acids is 1. The molecule has 3 atom stereocenters. The van der Waals surface area contributed by atoms with Crippen molar-refractivity contribution in [3.8, 4) is 5.88 Å². The van der Waals surface area contributed by atoms with Crippen LogP contribution in [0.15, 0.2) is 17.5 Å². The molecule has 6 rings (SSSR count). The van der Waals surface area contributed by atoms with Crippen molar-refractivity contribution in [2.24, 2.45) is 11.7 Å². The highest BCUT2D eigenvalue weighted by atomic mass is 32.1. The number of carbonyl (C=O) groups is 1. The predicted octanol–water partition coefficient (Wildman–Crippen LogP) is 6.69. The van der Waals surface area contributed by atoms with Crippen LogP contribution >= 0.6 is 11.3 Å². The summed E-state index contributed by atoms with van der Waals surface area (Å²) in [6, 6.07) is -0.215. The molecule has 1 spiro atoms. The van der Waals surface area contributed by atoms with Crippen LogP contribution in [0.4, 0.5) is 11.5 Å². The first-order valence-electron chi connectivity index (χ1n) is 17.3.